The average molecular weight is 331 g/mol. The van der Waals surface area contributed by atoms with Gasteiger partial charge in [-0.25, -0.2) is 4.90 Å². The highest BCUT2D eigenvalue weighted by molar-refractivity contribution is 6.19. The molecule has 0 bridgehead atoms. The minimum Gasteiger partial charge on any atom is -0.443 e. The number of esters is 1. The van der Waals surface area contributed by atoms with E-state index in [1.807, 2.05) is 27.7 Å². The molecule has 0 aromatic carbocycles. The van der Waals surface area contributed by atoms with Crippen molar-refractivity contribution in [3.8, 4) is 0 Å². The highest BCUT2D eigenvalue weighted by Crippen LogP contribution is 2.59. The molecule has 1 fully saturated rings. The minimum atomic E-state index is -0.326. The van der Waals surface area contributed by atoms with Gasteiger partial charge in [0.2, 0.25) is 0 Å². The molecule has 24 heavy (non-hydrogen) atoms. The van der Waals surface area contributed by atoms with Crippen LogP contribution in [0, 0.1) is 17.3 Å². The number of ether oxygens (including phenoxy) is 1. The van der Waals surface area contributed by atoms with Crippen molar-refractivity contribution in [2.45, 2.75) is 53.4 Å². The highest BCUT2D eigenvalue weighted by atomic mass is 16.5. The third kappa shape index (κ3) is 2.70. The molecule has 1 heterocycles. The maximum atomic E-state index is 12.4. The first-order valence-corrected chi connectivity index (χ1v) is 8.65. The summed E-state index contributed by atoms with van der Waals surface area (Å²) >= 11 is 0. The quantitative estimate of drug-likeness (QED) is 0.451. The maximum Gasteiger partial charge on any atom is 0.311 e. The second-order valence-corrected chi connectivity index (χ2v) is 7.86. The number of carbonyl (C=O) groups excluding carboxylic acids is 3. The number of hydrogen-bond acceptors (Lipinski definition) is 4. The molecule has 130 valence electrons. The van der Waals surface area contributed by atoms with Crippen LogP contribution in [0.25, 0.3) is 0 Å². The first-order chi connectivity index (χ1) is 11.2. The van der Waals surface area contributed by atoms with Crippen molar-refractivity contribution in [2.75, 3.05) is 6.73 Å². The number of hydrogen-bond donors (Lipinski definition) is 0. The summed E-state index contributed by atoms with van der Waals surface area (Å²) in [4.78, 5) is 38.1. The Labute approximate surface area is 142 Å². The van der Waals surface area contributed by atoms with Crippen LogP contribution in [-0.4, -0.2) is 29.4 Å². The second kappa shape index (κ2) is 5.87. The standard InChI is InChI=1S/C19H25NO4/c1-11(2)9-14-15(19(14,3)4)18(23)24-10-20-16(21)12-7-5-6-8-13(12)17(20)22/h9,14-15H,5-8,10H2,1-4H3/t14-,15?/m0/s1. The molecule has 3 rings (SSSR count). The fraction of sp³-hybridized carbons (Fsp3) is 0.632. The zero-order chi connectivity index (χ0) is 17.6. The lowest BCUT2D eigenvalue weighted by Gasteiger charge is -2.15. The van der Waals surface area contributed by atoms with Crippen LogP contribution in [0.2, 0.25) is 0 Å². The van der Waals surface area contributed by atoms with Crippen LogP contribution in [0.5, 0.6) is 0 Å². The van der Waals surface area contributed by atoms with E-state index in [1.165, 1.54) is 5.57 Å². The molecule has 0 aromatic heterocycles. The van der Waals surface area contributed by atoms with Gasteiger partial charge in [-0.15, -0.1) is 0 Å². The van der Waals surface area contributed by atoms with Gasteiger partial charge in [0, 0.05) is 11.1 Å². The van der Waals surface area contributed by atoms with Gasteiger partial charge in [0.1, 0.15) is 0 Å². The Morgan fingerprint density at radius 3 is 2.21 bits per heavy atom. The number of rotatable bonds is 4. The van der Waals surface area contributed by atoms with E-state index in [0.717, 1.165) is 17.7 Å². The number of allylic oxidation sites excluding steroid dienone is 2. The van der Waals surface area contributed by atoms with Gasteiger partial charge in [-0.05, 0) is 50.9 Å². The Kier molecular flexibility index (Phi) is 4.14. The van der Waals surface area contributed by atoms with E-state index in [1.54, 1.807) is 0 Å². The van der Waals surface area contributed by atoms with Crippen LogP contribution in [0.15, 0.2) is 22.8 Å². The lowest BCUT2D eigenvalue weighted by atomic mass is 9.93. The first-order valence-electron chi connectivity index (χ1n) is 8.65. The second-order valence-electron chi connectivity index (χ2n) is 7.86. The normalized spacial score (nSPS) is 27.9. The Morgan fingerprint density at radius 2 is 1.71 bits per heavy atom. The summed E-state index contributed by atoms with van der Waals surface area (Å²) in [6.45, 7) is 7.83. The van der Waals surface area contributed by atoms with Crippen molar-refractivity contribution in [1.29, 1.82) is 0 Å². The van der Waals surface area contributed by atoms with E-state index >= 15 is 0 Å². The zero-order valence-corrected chi connectivity index (χ0v) is 14.8. The van der Waals surface area contributed by atoms with Gasteiger partial charge in [0.25, 0.3) is 11.8 Å². The van der Waals surface area contributed by atoms with E-state index in [4.69, 9.17) is 4.74 Å². The third-order valence-electron chi connectivity index (χ3n) is 5.49. The van der Waals surface area contributed by atoms with Crippen molar-refractivity contribution in [3.63, 3.8) is 0 Å². The summed E-state index contributed by atoms with van der Waals surface area (Å²) in [5, 5.41) is 0. The van der Waals surface area contributed by atoms with Gasteiger partial charge in [-0.2, -0.15) is 0 Å². The Bertz CT molecular complexity index is 639. The van der Waals surface area contributed by atoms with E-state index in [-0.39, 0.29) is 41.8 Å². The van der Waals surface area contributed by atoms with Gasteiger partial charge in [-0.3, -0.25) is 14.4 Å². The average Bonchev–Trinajstić information content (AvgIpc) is 2.96. The van der Waals surface area contributed by atoms with Crippen molar-refractivity contribution < 1.29 is 19.1 Å². The fourth-order valence-electron chi connectivity index (χ4n) is 3.93. The number of amides is 2. The molecule has 2 aliphatic carbocycles. The molecule has 2 atom stereocenters. The van der Waals surface area contributed by atoms with Crippen molar-refractivity contribution in [1.82, 2.24) is 4.90 Å². The lowest BCUT2D eigenvalue weighted by Crippen LogP contribution is -2.35. The highest BCUT2D eigenvalue weighted by Gasteiger charge is 2.61. The van der Waals surface area contributed by atoms with Gasteiger partial charge >= 0.3 is 5.97 Å². The van der Waals surface area contributed by atoms with Gasteiger partial charge < -0.3 is 4.74 Å². The number of imide groups is 1. The Morgan fingerprint density at radius 1 is 1.17 bits per heavy atom. The molecular formula is C19H25NO4. The van der Waals surface area contributed by atoms with E-state index < -0.39 is 0 Å². The molecule has 5 heteroatoms. The molecular weight excluding hydrogens is 306 g/mol. The number of carbonyl (C=O) groups is 3. The predicted octanol–water partition coefficient (Wildman–Crippen LogP) is 2.96. The van der Waals surface area contributed by atoms with E-state index in [9.17, 15) is 14.4 Å². The summed E-state index contributed by atoms with van der Waals surface area (Å²) < 4.78 is 5.33. The largest absolute Gasteiger partial charge is 0.443 e. The molecule has 0 radical (unpaired) electrons. The molecule has 1 unspecified atom stereocenters. The van der Waals surface area contributed by atoms with Gasteiger partial charge in [0.15, 0.2) is 6.73 Å². The molecule has 0 spiro atoms. The van der Waals surface area contributed by atoms with Crippen molar-refractivity contribution in [2.24, 2.45) is 17.3 Å². The predicted molar refractivity (Wildman–Crippen MR) is 88.5 cm³/mol. The summed E-state index contributed by atoms with van der Waals surface area (Å²) in [7, 11) is 0. The zero-order valence-electron chi connectivity index (χ0n) is 14.8. The van der Waals surface area contributed by atoms with Gasteiger partial charge in [0.05, 0.1) is 5.92 Å². The van der Waals surface area contributed by atoms with E-state index in [0.29, 0.717) is 24.0 Å². The number of nitrogens with zero attached hydrogens (tertiary/aromatic N) is 1. The molecule has 0 N–H and O–H groups in total. The smallest absolute Gasteiger partial charge is 0.311 e. The lowest BCUT2D eigenvalue weighted by molar-refractivity contribution is -0.156. The Balaban J connectivity index is 1.61. The molecule has 5 nitrogen and oxygen atoms in total. The SMILES string of the molecule is CC(C)=C[C@H]1C(C(=O)OCN2C(=O)C3=C(CCCC3)C2=O)C1(C)C. The summed E-state index contributed by atoms with van der Waals surface area (Å²) in [5.74, 6) is -0.932. The van der Waals surface area contributed by atoms with Crippen LogP contribution >= 0.6 is 0 Å². The van der Waals surface area contributed by atoms with E-state index in [2.05, 4.69) is 6.08 Å². The summed E-state index contributed by atoms with van der Waals surface area (Å²) in [5.41, 5.74) is 2.28. The van der Waals surface area contributed by atoms with Crippen LogP contribution in [0.1, 0.15) is 53.4 Å². The maximum absolute atomic E-state index is 12.4. The minimum absolute atomic E-state index is 0.134. The summed E-state index contributed by atoms with van der Waals surface area (Å²) in [6.07, 6.45) is 5.28. The molecule has 2 amide bonds. The van der Waals surface area contributed by atoms with Crippen LogP contribution in [0.3, 0.4) is 0 Å². The molecule has 0 aromatic rings. The molecule has 3 aliphatic rings. The van der Waals surface area contributed by atoms with Crippen LogP contribution in [0.4, 0.5) is 0 Å². The fourth-order valence-corrected chi connectivity index (χ4v) is 3.93. The monoisotopic (exact) mass is 331 g/mol. The summed E-state index contributed by atoms with van der Waals surface area (Å²) in [6, 6.07) is 0. The molecule has 1 saturated carbocycles. The van der Waals surface area contributed by atoms with Crippen LogP contribution < -0.4 is 0 Å². The van der Waals surface area contributed by atoms with Crippen molar-refractivity contribution in [3.05, 3.63) is 22.8 Å². The topological polar surface area (TPSA) is 63.7 Å². The molecule has 0 saturated heterocycles. The van der Waals surface area contributed by atoms with Gasteiger partial charge in [-0.1, -0.05) is 25.5 Å². The Hall–Kier alpha value is -1.91. The third-order valence-corrected chi connectivity index (χ3v) is 5.49. The van der Waals surface area contributed by atoms with Crippen LogP contribution in [-0.2, 0) is 19.1 Å². The molecule has 1 aliphatic heterocycles. The first kappa shape index (κ1) is 16.9. The van der Waals surface area contributed by atoms with Crippen molar-refractivity contribution >= 4 is 17.8 Å².